The topological polar surface area (TPSA) is 45.4 Å². The smallest absolute Gasteiger partial charge is 0.193 e. The number of hydrogen-bond donors (Lipinski definition) is 1. The zero-order valence-corrected chi connectivity index (χ0v) is 18.9. The van der Waals surface area contributed by atoms with E-state index in [0.29, 0.717) is 0 Å². The van der Waals surface area contributed by atoms with Crippen LogP contribution in [0, 0.1) is 13.8 Å². The summed E-state index contributed by atoms with van der Waals surface area (Å²) in [4.78, 5) is 6.58. The molecule has 0 fully saturated rings. The molecule has 0 atom stereocenters. The average molecular weight is 469 g/mol. The molecular weight excluding hydrogens is 437 g/mol. The lowest BCUT2D eigenvalue weighted by Gasteiger charge is -2.22. The number of halogens is 1. The fraction of sp³-hybridized carbons (Fsp3) is 0.500. The number of benzene rings is 1. The third kappa shape index (κ3) is 6.00. The third-order valence-electron chi connectivity index (χ3n) is 4.55. The predicted octanol–water partition coefficient (Wildman–Crippen LogP) is 3.97. The molecule has 2 aromatic rings. The highest BCUT2D eigenvalue weighted by atomic mass is 127. The first-order chi connectivity index (χ1) is 12.1. The SMILES string of the molecule is CCCCN(C)C(=NC)NCc1c(C)nn(Cc2ccccc2)c1C.I. The van der Waals surface area contributed by atoms with Crippen LogP contribution in [0.4, 0.5) is 0 Å². The van der Waals surface area contributed by atoms with Gasteiger partial charge in [-0.3, -0.25) is 9.67 Å². The lowest BCUT2D eigenvalue weighted by Crippen LogP contribution is -2.39. The van der Waals surface area contributed by atoms with Gasteiger partial charge < -0.3 is 10.2 Å². The van der Waals surface area contributed by atoms with E-state index in [9.17, 15) is 0 Å². The van der Waals surface area contributed by atoms with Crippen molar-refractivity contribution >= 4 is 29.9 Å². The number of hydrogen-bond acceptors (Lipinski definition) is 2. The quantitative estimate of drug-likeness (QED) is 0.379. The Morgan fingerprint density at radius 2 is 1.92 bits per heavy atom. The number of rotatable bonds is 7. The number of unbranched alkanes of at least 4 members (excludes halogenated alkanes) is 1. The maximum absolute atomic E-state index is 4.73. The number of aliphatic imine (C=N–C) groups is 1. The summed E-state index contributed by atoms with van der Waals surface area (Å²) in [6.45, 7) is 8.99. The summed E-state index contributed by atoms with van der Waals surface area (Å²) in [6, 6.07) is 10.5. The Morgan fingerprint density at radius 3 is 2.54 bits per heavy atom. The predicted molar refractivity (Wildman–Crippen MR) is 120 cm³/mol. The van der Waals surface area contributed by atoms with Gasteiger partial charge in [0.15, 0.2) is 5.96 Å². The van der Waals surface area contributed by atoms with Crippen LogP contribution in [-0.4, -0.2) is 41.3 Å². The van der Waals surface area contributed by atoms with E-state index in [-0.39, 0.29) is 24.0 Å². The van der Waals surface area contributed by atoms with Gasteiger partial charge in [0.2, 0.25) is 0 Å². The minimum absolute atomic E-state index is 0. The first-order valence-electron chi connectivity index (χ1n) is 9.05. The molecule has 6 heteroatoms. The van der Waals surface area contributed by atoms with Crippen LogP contribution in [0.2, 0.25) is 0 Å². The highest BCUT2D eigenvalue weighted by Crippen LogP contribution is 2.14. The molecule has 2 rings (SSSR count). The van der Waals surface area contributed by atoms with Crippen LogP contribution in [0.5, 0.6) is 0 Å². The monoisotopic (exact) mass is 469 g/mol. The van der Waals surface area contributed by atoms with Gasteiger partial charge in [0.05, 0.1) is 12.2 Å². The molecule has 1 aromatic heterocycles. The van der Waals surface area contributed by atoms with E-state index in [0.717, 1.165) is 31.3 Å². The van der Waals surface area contributed by atoms with Crippen molar-refractivity contribution in [3.8, 4) is 0 Å². The molecule has 0 amide bonds. The summed E-state index contributed by atoms with van der Waals surface area (Å²) < 4.78 is 2.09. The summed E-state index contributed by atoms with van der Waals surface area (Å²) in [5, 5.41) is 8.20. The van der Waals surface area contributed by atoms with Gasteiger partial charge in [-0.2, -0.15) is 5.10 Å². The maximum atomic E-state index is 4.73. The van der Waals surface area contributed by atoms with Gasteiger partial charge in [-0.15, -0.1) is 24.0 Å². The first kappa shape index (κ1) is 22.5. The van der Waals surface area contributed by atoms with Gasteiger partial charge in [0.25, 0.3) is 0 Å². The Bertz CT molecular complexity index is 694. The number of aromatic nitrogens is 2. The van der Waals surface area contributed by atoms with Crippen LogP contribution in [0.25, 0.3) is 0 Å². The van der Waals surface area contributed by atoms with E-state index in [4.69, 9.17) is 5.10 Å². The summed E-state index contributed by atoms with van der Waals surface area (Å²) in [5.41, 5.74) is 4.80. The summed E-state index contributed by atoms with van der Waals surface area (Å²) in [6.07, 6.45) is 2.36. The molecule has 1 aromatic carbocycles. The van der Waals surface area contributed by atoms with Crippen molar-refractivity contribution in [3.63, 3.8) is 0 Å². The minimum atomic E-state index is 0. The molecule has 5 nitrogen and oxygen atoms in total. The molecule has 0 saturated carbocycles. The normalized spacial score (nSPS) is 11.2. The van der Waals surface area contributed by atoms with Gasteiger partial charge in [0.1, 0.15) is 0 Å². The highest BCUT2D eigenvalue weighted by Gasteiger charge is 2.13. The van der Waals surface area contributed by atoms with E-state index in [2.05, 4.69) is 72.0 Å². The average Bonchev–Trinajstić information content (AvgIpc) is 2.88. The Hall–Kier alpha value is -1.57. The van der Waals surface area contributed by atoms with Gasteiger partial charge in [-0.25, -0.2) is 0 Å². The minimum Gasteiger partial charge on any atom is -0.352 e. The zero-order chi connectivity index (χ0) is 18.2. The lowest BCUT2D eigenvalue weighted by atomic mass is 10.2. The second kappa shape index (κ2) is 11.2. The van der Waals surface area contributed by atoms with Crippen molar-refractivity contribution in [2.24, 2.45) is 4.99 Å². The fourth-order valence-electron chi connectivity index (χ4n) is 2.95. The highest BCUT2D eigenvalue weighted by molar-refractivity contribution is 14.0. The van der Waals surface area contributed by atoms with Crippen molar-refractivity contribution in [3.05, 3.63) is 52.8 Å². The molecule has 0 bridgehead atoms. The standard InChI is InChI=1S/C20H31N5.HI/c1-6-7-13-24(5)20(21-4)22-14-19-16(2)23-25(17(19)3)15-18-11-9-8-10-12-18;/h8-12H,6-7,13-15H2,1-5H3,(H,21,22);1H. The van der Waals surface area contributed by atoms with Crippen LogP contribution in [0.1, 0.15) is 42.3 Å². The molecule has 0 aliphatic heterocycles. The largest absolute Gasteiger partial charge is 0.352 e. The second-order valence-electron chi connectivity index (χ2n) is 6.47. The van der Waals surface area contributed by atoms with E-state index in [1.54, 1.807) is 0 Å². The van der Waals surface area contributed by atoms with Crippen LogP contribution in [0.15, 0.2) is 35.3 Å². The Balaban J connectivity index is 0.00000338. The Labute approximate surface area is 174 Å². The molecule has 0 aliphatic carbocycles. The van der Waals surface area contributed by atoms with Crippen molar-refractivity contribution in [2.75, 3.05) is 20.6 Å². The molecule has 0 aliphatic rings. The van der Waals surface area contributed by atoms with Crippen LogP contribution in [-0.2, 0) is 13.1 Å². The molecule has 0 radical (unpaired) electrons. The van der Waals surface area contributed by atoms with Gasteiger partial charge in [-0.05, 0) is 25.8 Å². The summed E-state index contributed by atoms with van der Waals surface area (Å²) in [7, 11) is 3.92. The molecule has 144 valence electrons. The van der Waals surface area contributed by atoms with Crippen molar-refractivity contribution < 1.29 is 0 Å². The number of nitrogens with one attached hydrogen (secondary N) is 1. The molecule has 1 N–H and O–H groups in total. The van der Waals surface area contributed by atoms with E-state index < -0.39 is 0 Å². The molecule has 0 saturated heterocycles. The van der Waals surface area contributed by atoms with E-state index in [1.165, 1.54) is 29.7 Å². The van der Waals surface area contributed by atoms with Crippen molar-refractivity contribution in [2.45, 2.75) is 46.7 Å². The van der Waals surface area contributed by atoms with E-state index in [1.807, 2.05) is 13.1 Å². The van der Waals surface area contributed by atoms with Crippen molar-refractivity contribution in [1.82, 2.24) is 20.0 Å². The van der Waals surface area contributed by atoms with Crippen LogP contribution >= 0.6 is 24.0 Å². The second-order valence-corrected chi connectivity index (χ2v) is 6.47. The number of guanidine groups is 1. The van der Waals surface area contributed by atoms with Gasteiger partial charge >= 0.3 is 0 Å². The maximum Gasteiger partial charge on any atom is 0.193 e. The Morgan fingerprint density at radius 1 is 1.23 bits per heavy atom. The van der Waals surface area contributed by atoms with Gasteiger partial charge in [0, 0.05) is 38.4 Å². The molecule has 0 unspecified atom stereocenters. The van der Waals surface area contributed by atoms with Crippen LogP contribution in [0.3, 0.4) is 0 Å². The lowest BCUT2D eigenvalue weighted by molar-refractivity contribution is 0.464. The molecule has 26 heavy (non-hydrogen) atoms. The molecule has 0 spiro atoms. The first-order valence-corrected chi connectivity index (χ1v) is 9.05. The third-order valence-corrected chi connectivity index (χ3v) is 4.55. The number of nitrogens with zero attached hydrogens (tertiary/aromatic N) is 4. The Kier molecular flexibility index (Phi) is 9.69. The van der Waals surface area contributed by atoms with Crippen LogP contribution < -0.4 is 5.32 Å². The fourth-order valence-corrected chi connectivity index (χ4v) is 2.95. The summed E-state index contributed by atoms with van der Waals surface area (Å²) in [5.74, 6) is 0.933. The molecule has 1 heterocycles. The molecular formula is C20H32IN5. The van der Waals surface area contributed by atoms with Gasteiger partial charge in [-0.1, -0.05) is 43.7 Å². The number of aryl methyl sites for hydroxylation is 1. The zero-order valence-electron chi connectivity index (χ0n) is 16.6. The summed E-state index contributed by atoms with van der Waals surface area (Å²) >= 11 is 0. The van der Waals surface area contributed by atoms with E-state index >= 15 is 0 Å². The van der Waals surface area contributed by atoms with Crippen molar-refractivity contribution in [1.29, 1.82) is 0 Å².